The van der Waals surface area contributed by atoms with Gasteiger partial charge in [0.05, 0.1) is 12.6 Å². The summed E-state index contributed by atoms with van der Waals surface area (Å²) in [5.74, 6) is 0.776. The lowest BCUT2D eigenvalue weighted by Gasteiger charge is -2.18. The van der Waals surface area contributed by atoms with Crippen molar-refractivity contribution in [2.45, 2.75) is 26.5 Å². The van der Waals surface area contributed by atoms with Gasteiger partial charge in [-0.25, -0.2) is 9.98 Å². The number of guanidine groups is 1. The molecule has 0 bridgehead atoms. The summed E-state index contributed by atoms with van der Waals surface area (Å²) in [5, 5.41) is 7.61. The minimum absolute atomic E-state index is 0.0119. The molecule has 6 heteroatoms. The molecule has 0 saturated carbocycles. The van der Waals surface area contributed by atoms with Gasteiger partial charge < -0.3 is 15.4 Å². The summed E-state index contributed by atoms with van der Waals surface area (Å²) in [6, 6.07) is 10.2. The predicted molar refractivity (Wildman–Crippen MR) is 95.9 cm³/mol. The largest absolute Gasteiger partial charge is 0.375 e. The molecular weight excluding hydrogens is 308 g/mol. The van der Waals surface area contributed by atoms with Crippen LogP contribution in [0, 0.1) is 6.92 Å². The van der Waals surface area contributed by atoms with E-state index in [0.29, 0.717) is 13.1 Å². The molecule has 1 heterocycles. The van der Waals surface area contributed by atoms with Crippen molar-refractivity contribution < 1.29 is 4.74 Å². The Balaban J connectivity index is 1.95. The first-order valence-electron chi connectivity index (χ1n) is 7.74. The molecule has 1 atom stereocenters. The second-order valence-corrected chi connectivity index (χ2v) is 6.40. The van der Waals surface area contributed by atoms with Gasteiger partial charge in [-0.05, 0) is 19.4 Å². The third-order valence-electron chi connectivity index (χ3n) is 3.30. The summed E-state index contributed by atoms with van der Waals surface area (Å²) in [6.07, 6.45) is 1.87. The monoisotopic (exact) mass is 332 g/mol. The maximum absolute atomic E-state index is 5.58. The lowest BCUT2D eigenvalue weighted by atomic mass is 10.1. The molecule has 0 saturated heterocycles. The number of methoxy groups -OCH3 is 1. The van der Waals surface area contributed by atoms with E-state index in [0.717, 1.165) is 23.1 Å². The molecule has 0 aliphatic rings. The molecule has 5 nitrogen and oxygen atoms in total. The lowest BCUT2D eigenvalue weighted by Crippen LogP contribution is -2.39. The lowest BCUT2D eigenvalue weighted by molar-refractivity contribution is 0.106. The van der Waals surface area contributed by atoms with Crippen LogP contribution in [0.5, 0.6) is 0 Å². The smallest absolute Gasteiger partial charge is 0.191 e. The van der Waals surface area contributed by atoms with Gasteiger partial charge in [0, 0.05) is 31.3 Å². The Morgan fingerprint density at radius 3 is 2.70 bits per heavy atom. The summed E-state index contributed by atoms with van der Waals surface area (Å²) in [5.41, 5.74) is 1.15. The second-order valence-electron chi connectivity index (χ2n) is 5.08. The van der Waals surface area contributed by atoms with E-state index in [9.17, 15) is 0 Å². The number of nitrogens with one attached hydrogen (secondary N) is 2. The Bertz CT molecular complexity index is 612. The average Bonchev–Trinajstić information content (AvgIpc) is 2.99. The number of hydrogen-bond donors (Lipinski definition) is 2. The number of ether oxygens (including phenoxy) is 1. The molecule has 2 aromatic rings. The minimum Gasteiger partial charge on any atom is -0.375 e. The van der Waals surface area contributed by atoms with Crippen molar-refractivity contribution in [3.05, 3.63) is 52.0 Å². The number of rotatable bonds is 7. The van der Waals surface area contributed by atoms with E-state index in [2.05, 4.69) is 46.6 Å². The number of aliphatic imine (C=N–C) groups is 1. The fourth-order valence-electron chi connectivity index (χ4n) is 2.16. The van der Waals surface area contributed by atoms with Crippen LogP contribution >= 0.6 is 11.3 Å². The van der Waals surface area contributed by atoms with Crippen molar-refractivity contribution in [3.63, 3.8) is 0 Å². The van der Waals surface area contributed by atoms with Crippen LogP contribution < -0.4 is 10.6 Å². The topological polar surface area (TPSA) is 58.5 Å². The van der Waals surface area contributed by atoms with Gasteiger partial charge >= 0.3 is 0 Å². The number of benzene rings is 1. The van der Waals surface area contributed by atoms with Crippen LogP contribution in [-0.4, -0.2) is 31.1 Å². The molecule has 0 fully saturated rings. The van der Waals surface area contributed by atoms with E-state index in [1.165, 1.54) is 4.88 Å². The Morgan fingerprint density at radius 2 is 2.09 bits per heavy atom. The summed E-state index contributed by atoms with van der Waals surface area (Å²) in [4.78, 5) is 10.1. The quantitative estimate of drug-likeness (QED) is 0.605. The molecule has 1 unspecified atom stereocenters. The van der Waals surface area contributed by atoms with E-state index in [1.807, 2.05) is 24.4 Å². The van der Waals surface area contributed by atoms with Crippen LogP contribution in [0.25, 0.3) is 0 Å². The van der Waals surface area contributed by atoms with Crippen LogP contribution in [-0.2, 0) is 11.3 Å². The molecule has 0 aliphatic heterocycles. The van der Waals surface area contributed by atoms with E-state index >= 15 is 0 Å². The summed E-state index contributed by atoms with van der Waals surface area (Å²) < 4.78 is 5.58. The van der Waals surface area contributed by atoms with Crippen LogP contribution in [0.4, 0.5) is 0 Å². The van der Waals surface area contributed by atoms with Gasteiger partial charge in [0.25, 0.3) is 0 Å². The first-order valence-corrected chi connectivity index (χ1v) is 8.55. The fourth-order valence-corrected chi connectivity index (χ4v) is 2.87. The van der Waals surface area contributed by atoms with Crippen molar-refractivity contribution >= 4 is 17.3 Å². The maximum atomic E-state index is 5.58. The van der Waals surface area contributed by atoms with Gasteiger partial charge in [-0.1, -0.05) is 30.3 Å². The van der Waals surface area contributed by atoms with Gasteiger partial charge in [-0.2, -0.15) is 0 Å². The molecule has 2 rings (SSSR count). The molecule has 1 aromatic carbocycles. The molecule has 124 valence electrons. The highest BCUT2D eigenvalue weighted by Crippen LogP contribution is 2.15. The van der Waals surface area contributed by atoms with E-state index < -0.39 is 0 Å². The number of hydrogen-bond acceptors (Lipinski definition) is 4. The number of aromatic nitrogens is 1. The minimum atomic E-state index is -0.0119. The summed E-state index contributed by atoms with van der Waals surface area (Å²) in [6.45, 7) is 6.15. The van der Waals surface area contributed by atoms with Crippen molar-refractivity contribution in [2.75, 3.05) is 20.2 Å². The fraction of sp³-hybridized carbons (Fsp3) is 0.412. The van der Waals surface area contributed by atoms with Gasteiger partial charge in [-0.3, -0.25) is 0 Å². The maximum Gasteiger partial charge on any atom is 0.191 e. The first kappa shape index (κ1) is 17.4. The summed E-state index contributed by atoms with van der Waals surface area (Å²) >= 11 is 1.68. The SMILES string of the molecule is CCNC(=NCc1ncc(C)s1)NCC(OC)c1ccccc1. The number of aryl methyl sites for hydroxylation is 1. The zero-order valence-corrected chi connectivity index (χ0v) is 14.7. The van der Waals surface area contributed by atoms with Crippen LogP contribution in [0.1, 0.15) is 28.5 Å². The van der Waals surface area contributed by atoms with Crippen LogP contribution in [0.3, 0.4) is 0 Å². The zero-order chi connectivity index (χ0) is 16.5. The highest BCUT2D eigenvalue weighted by Gasteiger charge is 2.10. The van der Waals surface area contributed by atoms with Crippen molar-refractivity contribution in [2.24, 2.45) is 4.99 Å². The third-order valence-corrected chi connectivity index (χ3v) is 4.19. The highest BCUT2D eigenvalue weighted by atomic mass is 32.1. The average molecular weight is 332 g/mol. The van der Waals surface area contributed by atoms with E-state index in [1.54, 1.807) is 18.4 Å². The van der Waals surface area contributed by atoms with Gasteiger partial charge in [-0.15, -0.1) is 11.3 Å². The van der Waals surface area contributed by atoms with Crippen molar-refractivity contribution in [1.82, 2.24) is 15.6 Å². The number of nitrogens with zero attached hydrogens (tertiary/aromatic N) is 2. The Hall–Kier alpha value is -1.92. The Labute approximate surface area is 141 Å². The predicted octanol–water partition coefficient (Wildman–Crippen LogP) is 2.89. The molecule has 0 amide bonds. The first-order chi connectivity index (χ1) is 11.2. The molecular formula is C17H24N4OS. The molecule has 1 aromatic heterocycles. The zero-order valence-electron chi connectivity index (χ0n) is 13.9. The molecule has 0 spiro atoms. The molecule has 23 heavy (non-hydrogen) atoms. The second kappa shape index (κ2) is 9.27. The van der Waals surface area contributed by atoms with Gasteiger partial charge in [0.1, 0.15) is 5.01 Å². The Kier molecular flexibility index (Phi) is 7.03. The molecule has 0 aliphatic carbocycles. The molecule has 0 radical (unpaired) electrons. The van der Waals surface area contributed by atoms with Crippen molar-refractivity contribution in [1.29, 1.82) is 0 Å². The Morgan fingerprint density at radius 1 is 1.30 bits per heavy atom. The van der Waals surface area contributed by atoms with Crippen molar-refractivity contribution in [3.8, 4) is 0 Å². The van der Waals surface area contributed by atoms with E-state index in [-0.39, 0.29) is 6.10 Å². The standard InChI is InChI=1S/C17H24N4OS/c1-4-18-17(21-12-16-19-10-13(2)23-16)20-11-15(22-3)14-8-6-5-7-9-14/h5-10,15H,4,11-12H2,1-3H3,(H2,18,20,21). The summed E-state index contributed by atoms with van der Waals surface area (Å²) in [7, 11) is 1.72. The highest BCUT2D eigenvalue weighted by molar-refractivity contribution is 7.11. The van der Waals surface area contributed by atoms with Gasteiger partial charge in [0.15, 0.2) is 5.96 Å². The van der Waals surface area contributed by atoms with Gasteiger partial charge in [0.2, 0.25) is 0 Å². The van der Waals surface area contributed by atoms with E-state index in [4.69, 9.17) is 4.74 Å². The van der Waals surface area contributed by atoms with Crippen LogP contribution in [0.15, 0.2) is 41.5 Å². The molecule has 2 N–H and O–H groups in total. The third kappa shape index (κ3) is 5.65. The normalized spacial score (nSPS) is 12.9. The number of thiazole rings is 1. The van der Waals surface area contributed by atoms with Crippen LogP contribution in [0.2, 0.25) is 0 Å².